The molecule has 8 heavy (non-hydrogen) atoms. The number of nitrogens with one attached hydrogen (secondary N) is 1. The first-order chi connectivity index (χ1) is 3.79. The molecule has 0 atom stereocenters. The van der Waals surface area contributed by atoms with E-state index in [1.54, 1.807) is 0 Å². The predicted octanol–water partition coefficient (Wildman–Crippen LogP) is -0.229. The van der Waals surface area contributed by atoms with Crippen LogP contribution in [0.3, 0.4) is 0 Å². The average molecular weight is 137 g/mol. The van der Waals surface area contributed by atoms with Crippen molar-refractivity contribution in [1.82, 2.24) is 14.8 Å². The summed E-state index contributed by atoms with van der Waals surface area (Å²) in [4.78, 5) is 0. The van der Waals surface area contributed by atoms with E-state index in [4.69, 9.17) is 17.0 Å². The lowest BCUT2D eigenvalue weighted by Gasteiger charge is -2.25. The van der Waals surface area contributed by atoms with E-state index in [0.717, 1.165) is 5.06 Å². The van der Waals surface area contributed by atoms with Crippen molar-refractivity contribution in [2.75, 3.05) is 13.3 Å². The third-order valence-corrected chi connectivity index (χ3v) is 1.03. The van der Waals surface area contributed by atoms with Crippen LogP contribution in [-0.2, 0) is 0 Å². The molecule has 1 aliphatic rings. The maximum atomic E-state index is 8.67. The van der Waals surface area contributed by atoms with Crippen LogP contribution in [0, 0.1) is 6.67 Å². The minimum absolute atomic E-state index is 0.342. The SMILES string of the molecule is ON1[CH]NCN(Cl)C1. The number of hydrogen-bond acceptors (Lipinski definition) is 4. The topological polar surface area (TPSA) is 38.7 Å². The predicted molar refractivity (Wildman–Crippen MR) is 28.5 cm³/mol. The highest BCUT2D eigenvalue weighted by atomic mass is 35.5. The zero-order valence-electron chi connectivity index (χ0n) is 4.21. The maximum absolute atomic E-state index is 8.67. The molecule has 5 heteroatoms. The zero-order chi connectivity index (χ0) is 5.98. The van der Waals surface area contributed by atoms with Crippen LogP contribution in [0.5, 0.6) is 0 Å². The third-order valence-electron chi connectivity index (χ3n) is 0.802. The van der Waals surface area contributed by atoms with Crippen molar-refractivity contribution < 1.29 is 5.21 Å². The molecule has 2 N–H and O–H groups in total. The van der Waals surface area contributed by atoms with Gasteiger partial charge >= 0.3 is 0 Å². The lowest BCUT2D eigenvalue weighted by molar-refractivity contribution is -0.107. The smallest absolute Gasteiger partial charge is 0.118 e. The minimum Gasteiger partial charge on any atom is -0.311 e. The highest BCUT2D eigenvalue weighted by Crippen LogP contribution is 1.99. The van der Waals surface area contributed by atoms with Crippen molar-refractivity contribution in [2.45, 2.75) is 0 Å². The van der Waals surface area contributed by atoms with Crippen LogP contribution in [0.25, 0.3) is 0 Å². The van der Waals surface area contributed by atoms with Gasteiger partial charge in [0.1, 0.15) is 6.67 Å². The van der Waals surface area contributed by atoms with Crippen molar-refractivity contribution in [1.29, 1.82) is 0 Å². The second-order valence-electron chi connectivity index (χ2n) is 1.53. The fraction of sp³-hybridized carbons (Fsp3) is 0.667. The van der Waals surface area contributed by atoms with Gasteiger partial charge in [-0.25, -0.2) is 0 Å². The molecule has 1 saturated heterocycles. The highest BCUT2D eigenvalue weighted by Gasteiger charge is 2.11. The Labute approximate surface area is 52.7 Å². The minimum atomic E-state index is 0.342. The molecule has 4 nitrogen and oxygen atoms in total. The Morgan fingerprint density at radius 1 is 1.75 bits per heavy atom. The molecule has 0 bridgehead atoms. The van der Waals surface area contributed by atoms with Gasteiger partial charge in [0.15, 0.2) is 0 Å². The maximum Gasteiger partial charge on any atom is 0.118 e. The van der Waals surface area contributed by atoms with Gasteiger partial charge in [-0.1, -0.05) is 0 Å². The van der Waals surface area contributed by atoms with Crippen molar-refractivity contribution in [3.63, 3.8) is 0 Å². The van der Waals surface area contributed by atoms with Crippen LogP contribution in [0.15, 0.2) is 0 Å². The number of nitrogens with zero attached hydrogens (tertiary/aromatic N) is 2. The van der Waals surface area contributed by atoms with Crippen LogP contribution in [-0.4, -0.2) is 28.0 Å². The van der Waals surface area contributed by atoms with Gasteiger partial charge in [0.25, 0.3) is 0 Å². The van der Waals surface area contributed by atoms with Crippen molar-refractivity contribution in [3.8, 4) is 0 Å². The normalized spacial score (nSPS) is 26.2. The quantitative estimate of drug-likeness (QED) is 0.452. The first-order valence-electron chi connectivity index (χ1n) is 2.22. The Kier molecular flexibility index (Phi) is 2.04. The molecule has 1 radical (unpaired) electrons. The van der Waals surface area contributed by atoms with Crippen molar-refractivity contribution in [3.05, 3.63) is 6.67 Å². The highest BCUT2D eigenvalue weighted by molar-refractivity contribution is 6.13. The number of rotatable bonds is 0. The largest absolute Gasteiger partial charge is 0.311 e. The molecule has 47 valence electrons. The third kappa shape index (κ3) is 1.57. The van der Waals surface area contributed by atoms with E-state index in [-0.39, 0.29) is 0 Å². The van der Waals surface area contributed by atoms with Gasteiger partial charge < -0.3 is 5.21 Å². The van der Waals surface area contributed by atoms with Gasteiger partial charge in [-0.2, -0.15) is 9.48 Å². The number of halogens is 1. The van der Waals surface area contributed by atoms with Gasteiger partial charge in [-0.3, -0.25) is 5.32 Å². The summed E-state index contributed by atoms with van der Waals surface area (Å²) in [5.74, 6) is 0. The van der Waals surface area contributed by atoms with Crippen molar-refractivity contribution >= 4 is 11.8 Å². The van der Waals surface area contributed by atoms with Crippen LogP contribution in [0.4, 0.5) is 0 Å². The molecule has 0 amide bonds. The molecule has 1 rings (SSSR count). The molecule has 0 aliphatic carbocycles. The van der Waals surface area contributed by atoms with E-state index < -0.39 is 0 Å². The molecular formula is C3H7ClN3O. The van der Waals surface area contributed by atoms with Gasteiger partial charge in [0, 0.05) is 0 Å². The van der Waals surface area contributed by atoms with E-state index in [0.29, 0.717) is 13.3 Å². The monoisotopic (exact) mass is 136 g/mol. The lowest BCUT2D eigenvalue weighted by atomic mass is 10.8. The van der Waals surface area contributed by atoms with Gasteiger partial charge in [-0.15, -0.1) is 0 Å². The van der Waals surface area contributed by atoms with E-state index >= 15 is 0 Å². The Bertz CT molecular complexity index is 72.9. The summed E-state index contributed by atoms with van der Waals surface area (Å²) in [6.45, 7) is 2.37. The summed E-state index contributed by atoms with van der Waals surface area (Å²) in [6, 6.07) is 0. The summed E-state index contributed by atoms with van der Waals surface area (Å²) in [5.41, 5.74) is 0. The van der Waals surface area contributed by atoms with E-state index in [1.165, 1.54) is 11.1 Å². The molecule has 1 aliphatic heterocycles. The first-order valence-corrected chi connectivity index (χ1v) is 2.56. The van der Waals surface area contributed by atoms with Gasteiger partial charge in [0.05, 0.1) is 13.3 Å². The van der Waals surface area contributed by atoms with E-state index in [9.17, 15) is 0 Å². The molecule has 1 heterocycles. The Morgan fingerprint density at radius 2 is 2.50 bits per heavy atom. The van der Waals surface area contributed by atoms with Crippen LogP contribution >= 0.6 is 11.8 Å². The molecule has 0 saturated carbocycles. The second kappa shape index (κ2) is 2.61. The summed E-state index contributed by atoms with van der Waals surface area (Å²) < 4.78 is 1.42. The number of hydrogen-bond donors (Lipinski definition) is 2. The fourth-order valence-corrected chi connectivity index (χ4v) is 0.672. The van der Waals surface area contributed by atoms with Crippen LogP contribution in [0.1, 0.15) is 0 Å². The number of hydroxylamine groups is 2. The summed E-state index contributed by atoms with van der Waals surface area (Å²) >= 11 is 5.46. The molecule has 0 aromatic rings. The zero-order valence-corrected chi connectivity index (χ0v) is 4.97. The van der Waals surface area contributed by atoms with Crippen molar-refractivity contribution in [2.24, 2.45) is 0 Å². The molecular weight excluding hydrogens is 130 g/mol. The van der Waals surface area contributed by atoms with Gasteiger partial charge in [-0.05, 0) is 11.8 Å². The lowest BCUT2D eigenvalue weighted by Crippen LogP contribution is -2.43. The Hall–Kier alpha value is 0.130. The Balaban J connectivity index is 2.23. The second-order valence-corrected chi connectivity index (χ2v) is 2.01. The molecule has 0 aromatic carbocycles. The summed E-state index contributed by atoms with van der Waals surface area (Å²) in [6.07, 6.45) is 0. The molecule has 0 unspecified atom stereocenters. The van der Waals surface area contributed by atoms with Crippen LogP contribution < -0.4 is 5.32 Å². The average Bonchev–Trinajstić information content (AvgIpc) is 1.64. The Morgan fingerprint density at radius 3 is 2.88 bits per heavy atom. The van der Waals surface area contributed by atoms with Gasteiger partial charge in [0.2, 0.25) is 0 Å². The standard InChI is InChI=1S/C3H7ClN3O/c4-6-1-5-2-7(8)3-6/h2,5,8H,1,3H2. The molecule has 1 fully saturated rings. The first kappa shape index (κ1) is 6.25. The van der Waals surface area contributed by atoms with E-state index in [2.05, 4.69) is 5.32 Å². The fourth-order valence-electron chi connectivity index (χ4n) is 0.493. The summed E-state index contributed by atoms with van der Waals surface area (Å²) in [7, 11) is 0. The van der Waals surface area contributed by atoms with Crippen LogP contribution in [0.2, 0.25) is 0 Å². The molecule has 0 aromatic heterocycles. The molecule has 0 spiro atoms. The summed E-state index contributed by atoms with van der Waals surface area (Å²) in [5, 5.41) is 12.4. The van der Waals surface area contributed by atoms with E-state index in [1.807, 2.05) is 0 Å².